The molecule has 8 heteroatoms. The number of amides is 1. The van der Waals surface area contributed by atoms with Crippen LogP contribution in [0.25, 0.3) is 4.96 Å². The van der Waals surface area contributed by atoms with Crippen molar-refractivity contribution < 1.29 is 9.18 Å². The highest BCUT2D eigenvalue weighted by molar-refractivity contribution is 7.16. The minimum absolute atomic E-state index is 0.163. The van der Waals surface area contributed by atoms with Crippen molar-refractivity contribution in [2.45, 2.75) is 31.6 Å². The van der Waals surface area contributed by atoms with Gasteiger partial charge in [0, 0.05) is 24.4 Å². The van der Waals surface area contributed by atoms with E-state index in [1.807, 2.05) is 0 Å². The number of rotatable bonds is 5. The Kier molecular flexibility index (Phi) is 3.53. The summed E-state index contributed by atoms with van der Waals surface area (Å²) in [4.78, 5) is 12.7. The summed E-state index contributed by atoms with van der Waals surface area (Å²) in [5, 5.41) is 16.3. The van der Waals surface area contributed by atoms with Crippen molar-refractivity contribution in [3.05, 3.63) is 40.9 Å². The molecule has 0 aliphatic heterocycles. The van der Waals surface area contributed by atoms with Crippen molar-refractivity contribution in [2.24, 2.45) is 0 Å². The number of nitrogens with one attached hydrogen (secondary N) is 1. The maximum absolute atomic E-state index is 13.1. The molecule has 3 aromatic rings. The van der Waals surface area contributed by atoms with Crippen LogP contribution in [0.15, 0.2) is 24.3 Å². The van der Waals surface area contributed by atoms with Gasteiger partial charge < -0.3 is 5.32 Å². The summed E-state index contributed by atoms with van der Waals surface area (Å²) < 4.78 is 14.9. The Hall–Kier alpha value is -2.35. The molecule has 0 bridgehead atoms. The van der Waals surface area contributed by atoms with Crippen LogP contribution in [-0.4, -0.2) is 25.7 Å². The number of carbonyl (C=O) groups excluding carboxylic acids is 1. The van der Waals surface area contributed by atoms with Gasteiger partial charge in [-0.2, -0.15) is 9.61 Å². The summed E-state index contributed by atoms with van der Waals surface area (Å²) in [7, 11) is 0. The molecule has 2 heterocycles. The van der Waals surface area contributed by atoms with E-state index in [0.717, 1.165) is 28.6 Å². The van der Waals surface area contributed by atoms with E-state index >= 15 is 0 Å². The highest BCUT2D eigenvalue weighted by atomic mass is 32.1. The first-order valence-corrected chi connectivity index (χ1v) is 8.27. The van der Waals surface area contributed by atoms with Crippen LogP contribution < -0.4 is 5.32 Å². The van der Waals surface area contributed by atoms with Gasteiger partial charge in [-0.1, -0.05) is 17.4 Å². The maximum atomic E-state index is 13.1. The van der Waals surface area contributed by atoms with E-state index in [-0.39, 0.29) is 11.7 Å². The summed E-state index contributed by atoms with van der Waals surface area (Å²) in [6, 6.07) is 5.86. The third kappa shape index (κ3) is 3.07. The number of hydrogen-bond acceptors (Lipinski definition) is 5. The van der Waals surface area contributed by atoms with E-state index in [1.165, 1.54) is 23.5 Å². The Morgan fingerprint density at radius 3 is 3.04 bits per heavy atom. The van der Waals surface area contributed by atoms with Crippen molar-refractivity contribution in [3.8, 4) is 0 Å². The minimum atomic E-state index is -0.371. The standard InChI is InChI=1S/C15H14FN5OS/c16-10-2-1-3-11(8-10)17-12(22)6-7-13-20-21-14(9-4-5-9)18-19-15(21)23-13/h1-3,8-9H,4-7H2,(H,17,22). The second-order valence-corrected chi connectivity index (χ2v) is 6.62. The second-order valence-electron chi connectivity index (χ2n) is 5.58. The molecule has 4 rings (SSSR count). The molecule has 1 saturated carbocycles. The fraction of sp³-hybridized carbons (Fsp3) is 0.333. The van der Waals surface area contributed by atoms with Crippen LogP contribution in [0.3, 0.4) is 0 Å². The van der Waals surface area contributed by atoms with E-state index in [1.54, 1.807) is 16.6 Å². The minimum Gasteiger partial charge on any atom is -0.326 e. The topological polar surface area (TPSA) is 72.2 Å². The summed E-state index contributed by atoms with van der Waals surface area (Å²) >= 11 is 1.45. The van der Waals surface area contributed by atoms with Crippen LogP contribution in [0.4, 0.5) is 10.1 Å². The van der Waals surface area contributed by atoms with Crippen LogP contribution in [0.5, 0.6) is 0 Å². The third-order valence-corrected chi connectivity index (χ3v) is 4.63. The van der Waals surface area contributed by atoms with Crippen molar-refractivity contribution >= 4 is 27.9 Å². The lowest BCUT2D eigenvalue weighted by Crippen LogP contribution is -2.12. The Labute approximate surface area is 135 Å². The zero-order valence-corrected chi connectivity index (χ0v) is 13.0. The fourth-order valence-electron chi connectivity index (χ4n) is 2.38. The van der Waals surface area contributed by atoms with Gasteiger partial charge in [0.1, 0.15) is 10.8 Å². The molecule has 2 aromatic heterocycles. The number of halogens is 1. The molecule has 6 nitrogen and oxygen atoms in total. The number of carbonyl (C=O) groups is 1. The second kappa shape index (κ2) is 5.69. The molecule has 1 amide bonds. The van der Waals surface area contributed by atoms with Gasteiger partial charge in [0.25, 0.3) is 0 Å². The van der Waals surface area contributed by atoms with Gasteiger partial charge in [-0.15, -0.1) is 10.2 Å². The zero-order chi connectivity index (χ0) is 15.8. The van der Waals surface area contributed by atoms with Gasteiger partial charge in [0.15, 0.2) is 5.82 Å². The Balaban J connectivity index is 1.39. The number of aryl methyl sites for hydroxylation is 1. The average Bonchev–Trinajstić information content (AvgIpc) is 3.15. The molecule has 0 atom stereocenters. The quantitative estimate of drug-likeness (QED) is 0.780. The van der Waals surface area contributed by atoms with Crippen molar-refractivity contribution in [3.63, 3.8) is 0 Å². The first-order valence-electron chi connectivity index (χ1n) is 7.45. The van der Waals surface area contributed by atoms with E-state index in [2.05, 4.69) is 20.6 Å². The van der Waals surface area contributed by atoms with E-state index in [0.29, 0.717) is 24.4 Å². The van der Waals surface area contributed by atoms with Crippen LogP contribution in [0.2, 0.25) is 0 Å². The van der Waals surface area contributed by atoms with E-state index < -0.39 is 0 Å². The molecule has 1 fully saturated rings. The van der Waals surface area contributed by atoms with Crippen LogP contribution in [0, 0.1) is 5.82 Å². The molecule has 1 aliphatic carbocycles. The van der Waals surface area contributed by atoms with Gasteiger partial charge in [-0.05, 0) is 31.0 Å². The van der Waals surface area contributed by atoms with Gasteiger partial charge in [0.05, 0.1) is 0 Å². The molecular formula is C15H14FN5OS. The number of aromatic nitrogens is 4. The lowest BCUT2D eigenvalue weighted by molar-refractivity contribution is -0.116. The normalized spacial score (nSPS) is 14.3. The molecule has 118 valence electrons. The number of hydrogen-bond donors (Lipinski definition) is 1. The molecule has 1 N–H and O–H groups in total. The van der Waals surface area contributed by atoms with Gasteiger partial charge in [-0.25, -0.2) is 4.39 Å². The SMILES string of the molecule is O=C(CCc1nn2c(C3CC3)nnc2s1)Nc1cccc(F)c1. The first kappa shape index (κ1) is 14.3. The fourth-order valence-corrected chi connectivity index (χ4v) is 3.22. The van der Waals surface area contributed by atoms with Crippen molar-refractivity contribution in [1.29, 1.82) is 0 Å². The summed E-state index contributed by atoms with van der Waals surface area (Å²) in [5.74, 6) is 0.871. The smallest absolute Gasteiger partial charge is 0.234 e. The summed E-state index contributed by atoms with van der Waals surface area (Å²) in [5.41, 5.74) is 0.462. The summed E-state index contributed by atoms with van der Waals surface area (Å²) in [6.45, 7) is 0. The molecule has 23 heavy (non-hydrogen) atoms. The number of fused-ring (bicyclic) bond motifs is 1. The molecule has 1 aliphatic rings. The molecule has 0 spiro atoms. The monoisotopic (exact) mass is 331 g/mol. The molecule has 1 aromatic carbocycles. The van der Waals surface area contributed by atoms with E-state index in [9.17, 15) is 9.18 Å². The average molecular weight is 331 g/mol. The lowest BCUT2D eigenvalue weighted by atomic mass is 10.2. The molecule has 0 unspecified atom stereocenters. The first-order chi connectivity index (χ1) is 11.2. The Bertz CT molecular complexity index is 870. The predicted molar refractivity (Wildman–Crippen MR) is 84.0 cm³/mol. The molecule has 0 radical (unpaired) electrons. The third-order valence-electron chi connectivity index (χ3n) is 3.67. The largest absolute Gasteiger partial charge is 0.326 e. The predicted octanol–water partition coefficient (Wildman–Crippen LogP) is 2.77. The Morgan fingerprint density at radius 1 is 1.39 bits per heavy atom. The zero-order valence-electron chi connectivity index (χ0n) is 12.2. The van der Waals surface area contributed by atoms with Crippen LogP contribution >= 0.6 is 11.3 Å². The number of nitrogens with zero attached hydrogens (tertiary/aromatic N) is 4. The number of anilines is 1. The molecule has 0 saturated heterocycles. The highest BCUT2D eigenvalue weighted by Gasteiger charge is 2.30. The number of benzene rings is 1. The van der Waals surface area contributed by atoms with E-state index in [4.69, 9.17) is 0 Å². The van der Waals surface area contributed by atoms with Gasteiger partial charge in [-0.3, -0.25) is 4.79 Å². The molecular weight excluding hydrogens is 317 g/mol. The maximum Gasteiger partial charge on any atom is 0.234 e. The lowest BCUT2D eigenvalue weighted by Gasteiger charge is -2.04. The van der Waals surface area contributed by atoms with Crippen LogP contribution in [-0.2, 0) is 11.2 Å². The van der Waals surface area contributed by atoms with Crippen molar-refractivity contribution in [1.82, 2.24) is 19.8 Å². The van der Waals surface area contributed by atoms with Crippen molar-refractivity contribution in [2.75, 3.05) is 5.32 Å². The Morgan fingerprint density at radius 2 is 2.26 bits per heavy atom. The van der Waals surface area contributed by atoms with Gasteiger partial charge >= 0.3 is 0 Å². The van der Waals surface area contributed by atoms with Crippen LogP contribution in [0.1, 0.15) is 36.0 Å². The summed E-state index contributed by atoms with van der Waals surface area (Å²) in [6.07, 6.45) is 3.10. The van der Waals surface area contributed by atoms with Gasteiger partial charge in [0.2, 0.25) is 10.9 Å². The highest BCUT2D eigenvalue weighted by Crippen LogP contribution is 2.39.